The molecular weight excluding hydrogens is 501 g/mol. The van der Waals surface area contributed by atoms with Gasteiger partial charge in [0.1, 0.15) is 0 Å². The Labute approximate surface area is 229 Å². The van der Waals surface area contributed by atoms with E-state index in [9.17, 15) is 18.0 Å². The van der Waals surface area contributed by atoms with Crippen LogP contribution < -0.4 is 0 Å². The average molecular weight is 541 g/mol. The number of nitrogens with zero attached hydrogens (tertiary/aromatic N) is 3. The van der Waals surface area contributed by atoms with Crippen LogP contribution in [0.1, 0.15) is 55.7 Å². The van der Waals surface area contributed by atoms with E-state index in [1.54, 1.807) is 11.0 Å². The summed E-state index contributed by atoms with van der Waals surface area (Å²) in [7, 11) is 0. The molecule has 2 aliphatic heterocycles. The number of para-hydroxylation sites is 1. The Morgan fingerprint density at radius 3 is 2.41 bits per heavy atom. The summed E-state index contributed by atoms with van der Waals surface area (Å²) in [6.45, 7) is 6.13. The average Bonchev–Trinajstić information content (AvgIpc) is 3.35. The molecule has 39 heavy (non-hydrogen) atoms. The number of nitrogens with one attached hydrogen (secondary N) is 1. The Hall–Kier alpha value is -2.84. The molecule has 0 bridgehead atoms. The topological polar surface area (TPSA) is 42.6 Å². The van der Waals surface area contributed by atoms with Gasteiger partial charge in [-0.15, -0.1) is 0 Å². The van der Waals surface area contributed by atoms with Crippen molar-refractivity contribution >= 4 is 16.8 Å². The molecule has 3 heterocycles. The lowest BCUT2D eigenvalue weighted by atomic mass is 9.99. The Bertz CT molecular complexity index is 1240. The van der Waals surface area contributed by atoms with Crippen molar-refractivity contribution in [2.24, 2.45) is 0 Å². The zero-order valence-corrected chi connectivity index (χ0v) is 22.7. The molecule has 0 radical (unpaired) electrons. The highest BCUT2D eigenvalue weighted by molar-refractivity contribution is 5.83. The quantitative estimate of drug-likeness (QED) is 0.376. The lowest BCUT2D eigenvalue weighted by Crippen LogP contribution is -2.50. The third-order valence-electron chi connectivity index (χ3n) is 8.53. The number of H-pyrrole nitrogens is 1. The minimum atomic E-state index is -4.47. The number of alkyl halides is 3. The van der Waals surface area contributed by atoms with Gasteiger partial charge in [-0.3, -0.25) is 9.69 Å². The van der Waals surface area contributed by atoms with Crippen molar-refractivity contribution in [3.63, 3.8) is 0 Å². The maximum atomic E-state index is 13.8. The largest absolute Gasteiger partial charge is 0.416 e. The number of aromatic nitrogens is 1. The smallest absolute Gasteiger partial charge is 0.361 e. The SMILES string of the molecule is CC(Cc1c[nH]c2ccccc12)N(Cc1ccccc1C(F)(F)F)C(=O)CN1CCC(N2CCCCC2)CC1. The van der Waals surface area contributed by atoms with E-state index < -0.39 is 11.7 Å². The van der Waals surface area contributed by atoms with Crippen molar-refractivity contribution in [3.05, 3.63) is 71.4 Å². The molecule has 1 aromatic heterocycles. The molecule has 1 amide bonds. The van der Waals surface area contributed by atoms with Gasteiger partial charge in [-0.2, -0.15) is 13.2 Å². The van der Waals surface area contributed by atoms with Crippen LogP contribution in [0.2, 0.25) is 0 Å². The number of piperidine rings is 2. The van der Waals surface area contributed by atoms with E-state index in [0.717, 1.165) is 48.5 Å². The van der Waals surface area contributed by atoms with E-state index in [1.165, 1.54) is 44.5 Å². The first-order valence-corrected chi connectivity index (χ1v) is 14.3. The molecule has 0 spiro atoms. The number of rotatable bonds is 8. The molecular formula is C31H39F3N4O. The highest BCUT2D eigenvalue weighted by atomic mass is 19.4. The van der Waals surface area contributed by atoms with Crippen LogP contribution >= 0.6 is 0 Å². The Kier molecular flexibility index (Phi) is 8.62. The summed E-state index contributed by atoms with van der Waals surface area (Å²) < 4.78 is 41.5. The predicted molar refractivity (Wildman–Crippen MR) is 148 cm³/mol. The number of likely N-dealkylation sites (tertiary alicyclic amines) is 2. The highest BCUT2D eigenvalue weighted by Gasteiger charge is 2.35. The first kappa shape index (κ1) is 27.7. The van der Waals surface area contributed by atoms with Gasteiger partial charge in [-0.05, 0) is 75.4 Å². The fraction of sp³-hybridized carbons (Fsp3) is 0.516. The van der Waals surface area contributed by atoms with Gasteiger partial charge in [-0.25, -0.2) is 0 Å². The van der Waals surface area contributed by atoms with Gasteiger partial charge in [0, 0.05) is 48.8 Å². The molecule has 5 nitrogen and oxygen atoms in total. The summed E-state index contributed by atoms with van der Waals surface area (Å²) in [5.41, 5.74) is 1.52. The first-order chi connectivity index (χ1) is 18.8. The summed E-state index contributed by atoms with van der Waals surface area (Å²) in [5, 5.41) is 1.08. The minimum Gasteiger partial charge on any atom is -0.361 e. The number of hydrogen-bond acceptors (Lipinski definition) is 3. The Morgan fingerprint density at radius 2 is 1.67 bits per heavy atom. The van der Waals surface area contributed by atoms with Gasteiger partial charge in [0.25, 0.3) is 0 Å². The summed E-state index contributed by atoms with van der Waals surface area (Å²) in [5.74, 6) is -0.115. The number of aromatic amines is 1. The first-order valence-electron chi connectivity index (χ1n) is 14.3. The summed E-state index contributed by atoms with van der Waals surface area (Å²) in [6, 6.07) is 13.9. The summed E-state index contributed by atoms with van der Waals surface area (Å²) in [6.07, 6.45) is 3.95. The van der Waals surface area contributed by atoms with Crippen molar-refractivity contribution in [2.75, 3.05) is 32.7 Å². The molecule has 0 aliphatic carbocycles. The van der Waals surface area contributed by atoms with E-state index in [0.29, 0.717) is 12.5 Å². The van der Waals surface area contributed by atoms with Crippen LogP contribution in [0.3, 0.4) is 0 Å². The van der Waals surface area contributed by atoms with Crippen molar-refractivity contribution in [1.29, 1.82) is 0 Å². The molecule has 5 rings (SSSR count). The van der Waals surface area contributed by atoms with Crippen LogP contribution in [0, 0.1) is 0 Å². The van der Waals surface area contributed by atoms with E-state index >= 15 is 0 Å². The molecule has 2 aromatic carbocycles. The number of halogens is 3. The Balaban J connectivity index is 1.31. The van der Waals surface area contributed by atoms with Crippen molar-refractivity contribution in [3.8, 4) is 0 Å². The number of benzene rings is 2. The van der Waals surface area contributed by atoms with Crippen molar-refractivity contribution in [2.45, 2.75) is 70.3 Å². The molecule has 1 unspecified atom stereocenters. The van der Waals surface area contributed by atoms with E-state index in [4.69, 9.17) is 0 Å². The second-order valence-electron chi connectivity index (χ2n) is 11.2. The number of carbonyl (C=O) groups is 1. The normalized spacial score (nSPS) is 18.9. The monoisotopic (exact) mass is 540 g/mol. The molecule has 210 valence electrons. The molecule has 3 aromatic rings. The molecule has 1 N–H and O–H groups in total. The second kappa shape index (κ2) is 12.1. The van der Waals surface area contributed by atoms with Crippen LogP contribution in [-0.2, 0) is 23.9 Å². The lowest BCUT2D eigenvalue weighted by Gasteiger charge is -2.40. The standard InChI is InChI=1S/C31H39F3N4O/c1-23(19-25-20-35-29-12-6-4-10-27(25)29)38(21-24-9-3-5-11-28(24)31(32,33)34)30(39)22-36-17-13-26(14-18-36)37-15-7-2-8-16-37/h3-6,9-12,20,23,26,35H,2,7-8,13-19,21-22H2,1H3. The number of amides is 1. The van der Waals surface area contributed by atoms with E-state index in [-0.39, 0.29) is 30.6 Å². The summed E-state index contributed by atoms with van der Waals surface area (Å²) >= 11 is 0. The van der Waals surface area contributed by atoms with Gasteiger partial charge < -0.3 is 14.8 Å². The number of hydrogen-bond donors (Lipinski definition) is 1. The van der Waals surface area contributed by atoms with Crippen molar-refractivity contribution in [1.82, 2.24) is 19.7 Å². The van der Waals surface area contributed by atoms with E-state index in [1.807, 2.05) is 37.4 Å². The maximum Gasteiger partial charge on any atom is 0.416 e. The second-order valence-corrected chi connectivity index (χ2v) is 11.2. The third kappa shape index (κ3) is 6.67. The predicted octanol–water partition coefficient (Wildman–Crippen LogP) is 6.10. The third-order valence-corrected chi connectivity index (χ3v) is 8.53. The minimum absolute atomic E-state index is 0.0672. The maximum absolute atomic E-state index is 13.8. The lowest BCUT2D eigenvalue weighted by molar-refractivity contribution is -0.141. The van der Waals surface area contributed by atoms with Gasteiger partial charge in [0.05, 0.1) is 12.1 Å². The van der Waals surface area contributed by atoms with Crippen LogP contribution in [0.4, 0.5) is 13.2 Å². The van der Waals surface area contributed by atoms with Gasteiger partial charge >= 0.3 is 6.18 Å². The molecule has 2 fully saturated rings. The molecule has 1 atom stereocenters. The zero-order chi connectivity index (χ0) is 27.4. The molecule has 2 saturated heterocycles. The fourth-order valence-corrected chi connectivity index (χ4v) is 6.35. The van der Waals surface area contributed by atoms with Crippen LogP contribution in [0.25, 0.3) is 10.9 Å². The number of carbonyl (C=O) groups excluding carboxylic acids is 1. The molecule has 8 heteroatoms. The Morgan fingerprint density at radius 1 is 0.974 bits per heavy atom. The number of fused-ring (bicyclic) bond motifs is 1. The summed E-state index contributed by atoms with van der Waals surface area (Å²) in [4.78, 5) is 23.5. The zero-order valence-electron chi connectivity index (χ0n) is 22.7. The van der Waals surface area contributed by atoms with Gasteiger partial charge in [0.15, 0.2) is 0 Å². The van der Waals surface area contributed by atoms with Crippen molar-refractivity contribution < 1.29 is 18.0 Å². The van der Waals surface area contributed by atoms with Crippen LogP contribution in [0.5, 0.6) is 0 Å². The van der Waals surface area contributed by atoms with Gasteiger partial charge in [-0.1, -0.05) is 42.8 Å². The van der Waals surface area contributed by atoms with Crippen LogP contribution in [-0.4, -0.2) is 70.4 Å². The van der Waals surface area contributed by atoms with Gasteiger partial charge in [0.2, 0.25) is 5.91 Å². The molecule has 0 saturated carbocycles. The fourth-order valence-electron chi connectivity index (χ4n) is 6.35. The molecule has 2 aliphatic rings. The van der Waals surface area contributed by atoms with Crippen LogP contribution in [0.15, 0.2) is 54.7 Å². The highest BCUT2D eigenvalue weighted by Crippen LogP contribution is 2.33. The van der Waals surface area contributed by atoms with E-state index in [2.05, 4.69) is 14.8 Å².